The molecule has 3 N–H and O–H groups in total. The van der Waals surface area contributed by atoms with Gasteiger partial charge in [0.05, 0.1) is 0 Å². The first-order valence-corrected chi connectivity index (χ1v) is 8.20. The van der Waals surface area contributed by atoms with Crippen molar-refractivity contribution in [2.24, 2.45) is 5.41 Å². The number of nitrogens with two attached hydrogens (primary N) is 1. The van der Waals surface area contributed by atoms with Gasteiger partial charge in [0.25, 0.3) is 10.0 Å². The quantitative estimate of drug-likeness (QED) is 0.876. The van der Waals surface area contributed by atoms with Gasteiger partial charge in [0.1, 0.15) is 0 Å². The van der Waals surface area contributed by atoms with Crippen LogP contribution in [-0.4, -0.2) is 24.7 Å². The molecule has 0 radical (unpaired) electrons. The van der Waals surface area contributed by atoms with Crippen LogP contribution in [-0.2, 0) is 10.0 Å². The zero-order valence-corrected chi connectivity index (χ0v) is 12.1. The second-order valence-corrected chi connectivity index (χ2v) is 8.36. The van der Waals surface area contributed by atoms with Crippen LogP contribution in [0.15, 0.2) is 4.34 Å². The maximum absolute atomic E-state index is 12.0. The van der Waals surface area contributed by atoms with Gasteiger partial charge in [-0.2, -0.15) is 0 Å². The van der Waals surface area contributed by atoms with Gasteiger partial charge < -0.3 is 5.73 Å². The summed E-state index contributed by atoms with van der Waals surface area (Å²) in [4.78, 5) is 0. The van der Waals surface area contributed by atoms with Gasteiger partial charge in [-0.15, -0.1) is 10.2 Å². The summed E-state index contributed by atoms with van der Waals surface area (Å²) in [5.41, 5.74) is 5.71. The lowest BCUT2D eigenvalue weighted by molar-refractivity contribution is 0.218. The molecule has 0 atom stereocenters. The highest BCUT2D eigenvalue weighted by atomic mass is 32.2. The molecule has 0 amide bonds. The van der Waals surface area contributed by atoms with E-state index in [0.29, 0.717) is 5.41 Å². The summed E-state index contributed by atoms with van der Waals surface area (Å²) in [6.07, 6.45) is 3.78. The van der Waals surface area contributed by atoms with Crippen LogP contribution in [0.5, 0.6) is 0 Å². The molecular formula is C10H18N4O2S2. The van der Waals surface area contributed by atoms with Crippen LogP contribution in [0.4, 0.5) is 5.13 Å². The largest absolute Gasteiger partial charge is 0.374 e. The molecular weight excluding hydrogens is 272 g/mol. The van der Waals surface area contributed by atoms with E-state index in [-0.39, 0.29) is 15.5 Å². The predicted molar refractivity (Wildman–Crippen MR) is 70.7 cm³/mol. The Labute approximate surface area is 111 Å². The van der Waals surface area contributed by atoms with Gasteiger partial charge in [-0.1, -0.05) is 25.2 Å². The molecule has 1 aliphatic carbocycles. The van der Waals surface area contributed by atoms with Gasteiger partial charge in [-0.3, -0.25) is 0 Å². The molecule has 1 aliphatic rings. The minimum Gasteiger partial charge on any atom is -0.374 e. The predicted octanol–water partition coefficient (Wildman–Crippen LogP) is 1.37. The summed E-state index contributed by atoms with van der Waals surface area (Å²) < 4.78 is 26.7. The van der Waals surface area contributed by atoms with Crippen molar-refractivity contribution in [2.45, 2.75) is 49.9 Å². The van der Waals surface area contributed by atoms with Crippen LogP contribution in [0.1, 0.15) is 39.5 Å². The van der Waals surface area contributed by atoms with E-state index in [4.69, 9.17) is 5.73 Å². The number of sulfonamides is 1. The summed E-state index contributed by atoms with van der Waals surface area (Å²) >= 11 is 0.888. The third-order valence-corrected chi connectivity index (χ3v) is 5.95. The van der Waals surface area contributed by atoms with Gasteiger partial charge >= 0.3 is 0 Å². The van der Waals surface area contributed by atoms with Crippen LogP contribution >= 0.6 is 11.3 Å². The summed E-state index contributed by atoms with van der Waals surface area (Å²) in [6, 6.07) is -0.00634. The van der Waals surface area contributed by atoms with Crippen LogP contribution in [0.3, 0.4) is 0 Å². The number of anilines is 1. The summed E-state index contributed by atoms with van der Waals surface area (Å²) in [5.74, 6) is 0. The summed E-state index contributed by atoms with van der Waals surface area (Å²) in [5, 5.41) is 7.27. The molecule has 0 saturated heterocycles. The second kappa shape index (κ2) is 4.75. The first-order valence-electron chi connectivity index (χ1n) is 5.90. The third-order valence-electron chi connectivity index (χ3n) is 3.31. The second-order valence-electron chi connectivity index (χ2n) is 5.47. The van der Waals surface area contributed by atoms with Crippen molar-refractivity contribution in [3.8, 4) is 0 Å². The number of hydrogen-bond donors (Lipinski definition) is 2. The van der Waals surface area contributed by atoms with Gasteiger partial charge in [0.2, 0.25) is 9.47 Å². The van der Waals surface area contributed by atoms with Crippen molar-refractivity contribution in [3.05, 3.63) is 0 Å². The van der Waals surface area contributed by atoms with Crippen molar-refractivity contribution >= 4 is 26.5 Å². The number of nitrogen functional groups attached to an aromatic ring is 1. The zero-order valence-electron chi connectivity index (χ0n) is 10.5. The Morgan fingerprint density at radius 3 is 2.44 bits per heavy atom. The van der Waals surface area contributed by atoms with Crippen LogP contribution < -0.4 is 10.5 Å². The zero-order chi connectivity index (χ0) is 13.4. The Kier molecular flexibility index (Phi) is 3.61. The molecule has 1 fully saturated rings. The SMILES string of the molecule is CC1(C)CCC(NS(=O)(=O)c2nnc(N)s2)CC1. The van der Waals surface area contributed by atoms with E-state index < -0.39 is 10.0 Å². The van der Waals surface area contributed by atoms with Gasteiger partial charge in [0.15, 0.2) is 0 Å². The average Bonchev–Trinajstić information content (AvgIpc) is 2.69. The molecule has 0 bridgehead atoms. The average molecular weight is 290 g/mol. The number of aromatic nitrogens is 2. The lowest BCUT2D eigenvalue weighted by atomic mass is 9.76. The number of rotatable bonds is 3. The molecule has 1 saturated carbocycles. The Balaban J connectivity index is 2.02. The van der Waals surface area contributed by atoms with Gasteiger partial charge in [-0.25, -0.2) is 13.1 Å². The topological polar surface area (TPSA) is 98.0 Å². The highest BCUT2D eigenvalue weighted by Crippen LogP contribution is 2.35. The van der Waals surface area contributed by atoms with Crippen LogP contribution in [0.25, 0.3) is 0 Å². The molecule has 0 unspecified atom stereocenters. The standard InChI is InChI=1S/C10H18N4O2S2/c1-10(2)5-3-7(4-6-10)14-18(15,16)9-13-12-8(11)17-9/h7,14H,3-6H2,1-2H3,(H2,11,12). The van der Waals surface area contributed by atoms with E-state index in [1.165, 1.54) is 0 Å². The number of nitrogens with one attached hydrogen (secondary N) is 1. The molecule has 6 nitrogen and oxygen atoms in total. The van der Waals surface area contributed by atoms with E-state index >= 15 is 0 Å². The highest BCUT2D eigenvalue weighted by Gasteiger charge is 2.30. The maximum atomic E-state index is 12.0. The molecule has 2 rings (SSSR count). The molecule has 18 heavy (non-hydrogen) atoms. The molecule has 102 valence electrons. The normalized spacial score (nSPS) is 21.0. The van der Waals surface area contributed by atoms with Crippen LogP contribution in [0.2, 0.25) is 0 Å². The third kappa shape index (κ3) is 3.18. The van der Waals surface area contributed by atoms with E-state index in [9.17, 15) is 8.42 Å². The first-order chi connectivity index (χ1) is 8.28. The van der Waals surface area contributed by atoms with Crippen molar-refractivity contribution in [2.75, 3.05) is 5.73 Å². The first kappa shape index (κ1) is 13.7. The molecule has 1 heterocycles. The van der Waals surface area contributed by atoms with Crippen molar-refractivity contribution in [3.63, 3.8) is 0 Å². The molecule has 0 aromatic carbocycles. The van der Waals surface area contributed by atoms with Gasteiger partial charge in [-0.05, 0) is 31.1 Å². The van der Waals surface area contributed by atoms with Crippen molar-refractivity contribution in [1.82, 2.24) is 14.9 Å². The summed E-state index contributed by atoms with van der Waals surface area (Å²) in [7, 11) is -3.56. The van der Waals surface area contributed by atoms with Crippen LogP contribution in [0, 0.1) is 5.41 Å². The lowest BCUT2D eigenvalue weighted by Crippen LogP contribution is -2.39. The van der Waals surface area contributed by atoms with E-state index in [2.05, 4.69) is 28.8 Å². The Hall–Kier alpha value is -0.730. The Morgan fingerprint density at radius 2 is 1.94 bits per heavy atom. The van der Waals surface area contributed by atoms with Crippen molar-refractivity contribution in [1.29, 1.82) is 0 Å². The fourth-order valence-electron chi connectivity index (χ4n) is 2.12. The minimum atomic E-state index is -3.56. The lowest BCUT2D eigenvalue weighted by Gasteiger charge is -2.34. The smallest absolute Gasteiger partial charge is 0.270 e. The highest BCUT2D eigenvalue weighted by molar-refractivity contribution is 7.91. The Bertz CT molecular complexity index is 514. The molecule has 0 spiro atoms. The van der Waals surface area contributed by atoms with Gasteiger partial charge in [0, 0.05) is 6.04 Å². The molecule has 1 aromatic heterocycles. The molecule has 0 aliphatic heterocycles. The Morgan fingerprint density at radius 1 is 1.33 bits per heavy atom. The number of hydrogen-bond acceptors (Lipinski definition) is 6. The maximum Gasteiger partial charge on any atom is 0.270 e. The minimum absolute atomic E-state index is 0.00634. The fraction of sp³-hybridized carbons (Fsp3) is 0.800. The molecule has 8 heteroatoms. The van der Waals surface area contributed by atoms with E-state index in [0.717, 1.165) is 37.0 Å². The number of nitrogens with zero attached hydrogens (tertiary/aromatic N) is 2. The summed E-state index contributed by atoms with van der Waals surface area (Å²) in [6.45, 7) is 4.42. The molecule has 1 aromatic rings. The van der Waals surface area contributed by atoms with Crippen molar-refractivity contribution < 1.29 is 8.42 Å². The van der Waals surface area contributed by atoms with E-state index in [1.807, 2.05) is 0 Å². The monoisotopic (exact) mass is 290 g/mol. The fourth-order valence-corrected chi connectivity index (χ4v) is 4.22. The van der Waals surface area contributed by atoms with E-state index in [1.54, 1.807) is 0 Å².